The van der Waals surface area contributed by atoms with Crippen LogP contribution >= 0.6 is 0 Å². The number of imidazole rings is 1. The molecule has 1 aliphatic rings. The molecular formula is C19H22N4O. The number of nitrogens with zero attached hydrogens (tertiary/aromatic N) is 3. The molecule has 0 saturated carbocycles. The Morgan fingerprint density at radius 2 is 2.21 bits per heavy atom. The van der Waals surface area contributed by atoms with Crippen LogP contribution in [0, 0.1) is 5.92 Å². The van der Waals surface area contributed by atoms with Crippen LogP contribution in [0.2, 0.25) is 0 Å². The molecule has 5 heteroatoms. The summed E-state index contributed by atoms with van der Waals surface area (Å²) >= 11 is 0. The standard InChI is InChI=1S/C19H22N4O/c1-23-9-8-21-19(23)18-16(3-2-10-24-18)13-22-17-5-4-15-12-20-7-6-14(15)11-17/h4-9,11-12,16,18,22H,2-3,10,13H2,1H3/t16-,18+/m0/s1. The molecule has 5 nitrogen and oxygen atoms in total. The highest BCUT2D eigenvalue weighted by Gasteiger charge is 2.30. The van der Waals surface area contributed by atoms with Crippen molar-refractivity contribution >= 4 is 16.5 Å². The highest BCUT2D eigenvalue weighted by atomic mass is 16.5. The fourth-order valence-electron chi connectivity index (χ4n) is 3.43. The molecule has 2 atom stereocenters. The second-order valence-electron chi connectivity index (χ2n) is 6.41. The van der Waals surface area contributed by atoms with Crippen LogP contribution < -0.4 is 5.32 Å². The monoisotopic (exact) mass is 322 g/mol. The molecule has 1 saturated heterocycles. The predicted molar refractivity (Wildman–Crippen MR) is 94.9 cm³/mol. The Morgan fingerprint density at radius 3 is 3.08 bits per heavy atom. The molecule has 0 aliphatic carbocycles. The molecule has 24 heavy (non-hydrogen) atoms. The molecule has 0 bridgehead atoms. The minimum atomic E-state index is 0.0657. The number of ether oxygens (including phenoxy) is 1. The third-order valence-corrected chi connectivity index (χ3v) is 4.77. The van der Waals surface area contributed by atoms with Crippen molar-refractivity contribution in [3.63, 3.8) is 0 Å². The molecule has 0 radical (unpaired) electrons. The zero-order valence-electron chi connectivity index (χ0n) is 13.9. The first-order valence-corrected chi connectivity index (χ1v) is 8.48. The van der Waals surface area contributed by atoms with Gasteiger partial charge in [0.05, 0.1) is 0 Å². The van der Waals surface area contributed by atoms with Gasteiger partial charge in [-0.3, -0.25) is 4.98 Å². The van der Waals surface area contributed by atoms with Gasteiger partial charge in [-0.1, -0.05) is 6.07 Å². The Labute approximate surface area is 141 Å². The number of aromatic nitrogens is 3. The molecule has 3 aromatic rings. The van der Waals surface area contributed by atoms with Crippen molar-refractivity contribution in [1.29, 1.82) is 0 Å². The summed E-state index contributed by atoms with van der Waals surface area (Å²) in [7, 11) is 2.03. The maximum Gasteiger partial charge on any atom is 0.138 e. The zero-order chi connectivity index (χ0) is 16.4. The van der Waals surface area contributed by atoms with Crippen LogP contribution in [0.15, 0.2) is 49.1 Å². The van der Waals surface area contributed by atoms with E-state index >= 15 is 0 Å². The van der Waals surface area contributed by atoms with Gasteiger partial charge in [0.15, 0.2) is 0 Å². The van der Waals surface area contributed by atoms with E-state index in [1.165, 1.54) is 5.39 Å². The fraction of sp³-hybridized carbons (Fsp3) is 0.368. The number of benzene rings is 1. The van der Waals surface area contributed by atoms with Gasteiger partial charge >= 0.3 is 0 Å². The van der Waals surface area contributed by atoms with E-state index in [0.717, 1.165) is 42.9 Å². The lowest BCUT2D eigenvalue weighted by Gasteiger charge is -2.31. The first-order chi connectivity index (χ1) is 11.8. The van der Waals surface area contributed by atoms with Crippen LogP contribution in [0.25, 0.3) is 10.8 Å². The topological polar surface area (TPSA) is 52.0 Å². The molecule has 4 rings (SSSR count). The van der Waals surface area contributed by atoms with Crippen molar-refractivity contribution in [2.75, 3.05) is 18.5 Å². The van der Waals surface area contributed by atoms with Crippen molar-refractivity contribution in [3.05, 3.63) is 54.9 Å². The summed E-state index contributed by atoms with van der Waals surface area (Å²) in [5, 5.41) is 5.95. The van der Waals surface area contributed by atoms with Crippen molar-refractivity contribution in [3.8, 4) is 0 Å². The first-order valence-electron chi connectivity index (χ1n) is 8.48. The molecular weight excluding hydrogens is 300 g/mol. The summed E-state index contributed by atoms with van der Waals surface area (Å²) in [5.74, 6) is 1.44. The number of anilines is 1. The number of rotatable bonds is 4. The average Bonchev–Trinajstić information content (AvgIpc) is 3.06. The van der Waals surface area contributed by atoms with E-state index in [4.69, 9.17) is 4.74 Å². The van der Waals surface area contributed by atoms with Gasteiger partial charge in [-0.05, 0) is 36.4 Å². The van der Waals surface area contributed by atoms with Crippen LogP contribution in [0.1, 0.15) is 24.8 Å². The Morgan fingerprint density at radius 1 is 1.25 bits per heavy atom. The number of pyridine rings is 1. The second-order valence-corrected chi connectivity index (χ2v) is 6.41. The largest absolute Gasteiger partial charge is 0.385 e. The van der Waals surface area contributed by atoms with E-state index in [1.54, 1.807) is 0 Å². The van der Waals surface area contributed by atoms with Gasteiger partial charge in [0.2, 0.25) is 0 Å². The van der Waals surface area contributed by atoms with Gasteiger partial charge in [0.1, 0.15) is 11.9 Å². The van der Waals surface area contributed by atoms with Crippen LogP contribution in [-0.2, 0) is 11.8 Å². The maximum absolute atomic E-state index is 6.04. The van der Waals surface area contributed by atoms with Gasteiger partial charge in [0, 0.05) is 62.0 Å². The smallest absolute Gasteiger partial charge is 0.138 e. The Balaban J connectivity index is 1.49. The van der Waals surface area contributed by atoms with Gasteiger partial charge < -0.3 is 14.6 Å². The van der Waals surface area contributed by atoms with Crippen LogP contribution in [-0.4, -0.2) is 27.7 Å². The van der Waals surface area contributed by atoms with Gasteiger partial charge in [-0.15, -0.1) is 0 Å². The highest BCUT2D eigenvalue weighted by Crippen LogP contribution is 2.33. The van der Waals surface area contributed by atoms with Gasteiger partial charge in [-0.25, -0.2) is 4.98 Å². The molecule has 3 heterocycles. The minimum Gasteiger partial charge on any atom is -0.385 e. The average molecular weight is 322 g/mol. The predicted octanol–water partition coefficient (Wildman–Crippen LogP) is 3.55. The molecule has 1 fully saturated rings. The third kappa shape index (κ3) is 2.99. The molecule has 1 N–H and O–H groups in total. The van der Waals surface area contributed by atoms with E-state index in [0.29, 0.717) is 5.92 Å². The third-order valence-electron chi connectivity index (χ3n) is 4.77. The second kappa shape index (κ2) is 6.61. The lowest BCUT2D eigenvalue weighted by atomic mass is 9.93. The molecule has 2 aromatic heterocycles. The number of hydrogen-bond donors (Lipinski definition) is 1. The molecule has 0 amide bonds. The lowest BCUT2D eigenvalue weighted by molar-refractivity contribution is -0.0304. The van der Waals surface area contributed by atoms with Gasteiger partial charge in [0.25, 0.3) is 0 Å². The number of fused-ring (bicyclic) bond motifs is 1. The van der Waals surface area contributed by atoms with E-state index in [-0.39, 0.29) is 6.10 Å². The van der Waals surface area contributed by atoms with E-state index < -0.39 is 0 Å². The number of hydrogen-bond acceptors (Lipinski definition) is 4. The summed E-state index contributed by atoms with van der Waals surface area (Å²) in [6.45, 7) is 1.70. The van der Waals surface area contributed by atoms with Gasteiger partial charge in [-0.2, -0.15) is 0 Å². The summed E-state index contributed by atoms with van der Waals surface area (Å²) in [6, 6.07) is 8.44. The van der Waals surface area contributed by atoms with Crippen molar-refractivity contribution in [2.24, 2.45) is 13.0 Å². The van der Waals surface area contributed by atoms with E-state index in [1.807, 2.05) is 37.9 Å². The Bertz CT molecular complexity index is 829. The van der Waals surface area contributed by atoms with E-state index in [2.05, 4.69) is 38.1 Å². The van der Waals surface area contributed by atoms with Crippen molar-refractivity contribution < 1.29 is 4.74 Å². The summed E-state index contributed by atoms with van der Waals surface area (Å²) in [6.07, 6.45) is 9.88. The van der Waals surface area contributed by atoms with Crippen LogP contribution in [0.4, 0.5) is 5.69 Å². The quantitative estimate of drug-likeness (QED) is 0.798. The lowest BCUT2D eigenvalue weighted by Crippen LogP contribution is -2.30. The summed E-state index contributed by atoms with van der Waals surface area (Å²) < 4.78 is 8.10. The first kappa shape index (κ1) is 15.1. The van der Waals surface area contributed by atoms with Crippen molar-refractivity contribution in [1.82, 2.24) is 14.5 Å². The number of nitrogens with one attached hydrogen (secondary N) is 1. The normalized spacial score (nSPS) is 21.0. The van der Waals surface area contributed by atoms with E-state index in [9.17, 15) is 0 Å². The van der Waals surface area contributed by atoms with Crippen LogP contribution in [0.5, 0.6) is 0 Å². The van der Waals surface area contributed by atoms with Crippen LogP contribution in [0.3, 0.4) is 0 Å². The molecule has 1 aromatic carbocycles. The zero-order valence-corrected chi connectivity index (χ0v) is 13.9. The molecule has 0 spiro atoms. The molecule has 1 aliphatic heterocycles. The molecule has 124 valence electrons. The fourth-order valence-corrected chi connectivity index (χ4v) is 3.43. The molecule has 0 unspecified atom stereocenters. The number of aryl methyl sites for hydroxylation is 1. The maximum atomic E-state index is 6.04. The SMILES string of the molecule is Cn1ccnc1[C@@H]1OCCC[C@H]1CNc1ccc2cnccc2c1. The summed E-state index contributed by atoms with van der Waals surface area (Å²) in [5.41, 5.74) is 1.14. The Hall–Kier alpha value is -2.40. The summed E-state index contributed by atoms with van der Waals surface area (Å²) in [4.78, 5) is 8.65. The highest BCUT2D eigenvalue weighted by molar-refractivity contribution is 5.84. The minimum absolute atomic E-state index is 0.0657. The van der Waals surface area contributed by atoms with Crippen molar-refractivity contribution in [2.45, 2.75) is 18.9 Å². The Kier molecular flexibility index (Phi) is 4.17.